The molecular formula is C23H22Cl3N5OS. The van der Waals surface area contributed by atoms with Crippen LogP contribution in [0.1, 0.15) is 43.7 Å². The van der Waals surface area contributed by atoms with Crippen molar-refractivity contribution in [2.45, 2.75) is 43.3 Å². The molecule has 0 aliphatic heterocycles. The summed E-state index contributed by atoms with van der Waals surface area (Å²) in [6.07, 6.45) is 7.21. The number of carbonyl (C=O) groups excluding carboxylic acids is 1. The van der Waals surface area contributed by atoms with Crippen LogP contribution in [0.5, 0.6) is 0 Å². The van der Waals surface area contributed by atoms with Gasteiger partial charge in [-0.05, 0) is 43.2 Å². The number of carbonyl (C=O) groups is 1. The van der Waals surface area contributed by atoms with Crippen molar-refractivity contribution in [2.75, 3.05) is 5.75 Å². The fourth-order valence-electron chi connectivity index (χ4n) is 3.80. The van der Waals surface area contributed by atoms with Gasteiger partial charge in [-0.15, -0.1) is 10.2 Å². The predicted molar refractivity (Wildman–Crippen MR) is 136 cm³/mol. The van der Waals surface area contributed by atoms with E-state index in [9.17, 15) is 4.79 Å². The van der Waals surface area contributed by atoms with Crippen molar-refractivity contribution in [3.63, 3.8) is 0 Å². The van der Waals surface area contributed by atoms with E-state index < -0.39 is 0 Å². The number of aromatic nitrogens is 3. The minimum atomic E-state index is -0.249. The molecule has 1 amide bonds. The van der Waals surface area contributed by atoms with Gasteiger partial charge in [-0.2, -0.15) is 5.10 Å². The topological polar surface area (TPSA) is 72.2 Å². The zero-order valence-electron chi connectivity index (χ0n) is 17.7. The first-order valence-corrected chi connectivity index (χ1v) is 12.7. The second-order valence-corrected chi connectivity index (χ2v) is 9.86. The summed E-state index contributed by atoms with van der Waals surface area (Å²) in [6.45, 7) is 0. The molecule has 3 aromatic rings. The second kappa shape index (κ2) is 11.4. The number of thioether (sulfide) groups is 1. The standard InChI is InChI=1S/C23H22Cl3N5OS/c24-17-11-9-15(10-12-17)22-29-30-23(31(22)18-6-2-1-3-7-18)33-14-20(32)28-27-13-16-5-4-8-19(25)21(16)26/h4-5,8-13,18H,1-3,6-7,14H2,(H,28,32)/b27-13+. The number of nitrogens with zero attached hydrogens (tertiary/aromatic N) is 4. The van der Waals surface area contributed by atoms with Crippen LogP contribution in [0.15, 0.2) is 52.7 Å². The van der Waals surface area contributed by atoms with Crippen molar-refractivity contribution in [1.29, 1.82) is 0 Å². The van der Waals surface area contributed by atoms with Crippen molar-refractivity contribution in [3.8, 4) is 11.4 Å². The highest BCUT2D eigenvalue weighted by Gasteiger charge is 2.24. The van der Waals surface area contributed by atoms with Crippen LogP contribution in [0.3, 0.4) is 0 Å². The summed E-state index contributed by atoms with van der Waals surface area (Å²) in [4.78, 5) is 12.4. The van der Waals surface area contributed by atoms with E-state index in [-0.39, 0.29) is 11.7 Å². The third-order valence-electron chi connectivity index (χ3n) is 5.41. The smallest absolute Gasteiger partial charge is 0.250 e. The Bertz CT molecular complexity index is 1140. The highest BCUT2D eigenvalue weighted by Crippen LogP contribution is 2.35. The molecular weight excluding hydrogens is 501 g/mol. The van der Waals surface area contributed by atoms with Crippen molar-refractivity contribution in [1.82, 2.24) is 20.2 Å². The van der Waals surface area contributed by atoms with E-state index in [2.05, 4.69) is 25.3 Å². The Balaban J connectivity index is 1.46. The number of hydrogen-bond donors (Lipinski definition) is 1. The van der Waals surface area contributed by atoms with E-state index in [0.717, 1.165) is 29.4 Å². The van der Waals surface area contributed by atoms with Gasteiger partial charge in [0.25, 0.3) is 5.91 Å². The summed E-state index contributed by atoms with van der Waals surface area (Å²) in [5.41, 5.74) is 4.11. The quantitative estimate of drug-likeness (QED) is 0.214. The first kappa shape index (κ1) is 24.1. The Kier molecular flexibility index (Phi) is 8.30. The first-order chi connectivity index (χ1) is 16.0. The molecule has 2 aromatic carbocycles. The minimum absolute atomic E-state index is 0.159. The normalized spacial score (nSPS) is 14.6. The molecule has 10 heteroatoms. The van der Waals surface area contributed by atoms with Crippen molar-refractivity contribution < 1.29 is 4.79 Å². The average molecular weight is 523 g/mol. The van der Waals surface area contributed by atoms with Crippen LogP contribution in [0, 0.1) is 0 Å². The number of nitrogens with one attached hydrogen (secondary N) is 1. The molecule has 1 heterocycles. The predicted octanol–water partition coefficient (Wildman–Crippen LogP) is 6.65. The summed E-state index contributed by atoms with van der Waals surface area (Å²) >= 11 is 19.5. The van der Waals surface area contributed by atoms with Crippen LogP contribution in [-0.4, -0.2) is 32.6 Å². The lowest BCUT2D eigenvalue weighted by Crippen LogP contribution is -2.20. The Hall–Kier alpha value is -2.06. The van der Waals surface area contributed by atoms with E-state index in [0.29, 0.717) is 26.7 Å². The van der Waals surface area contributed by atoms with Gasteiger partial charge in [0.05, 0.1) is 22.0 Å². The molecule has 0 unspecified atom stereocenters. The minimum Gasteiger partial charge on any atom is -0.299 e. The van der Waals surface area contributed by atoms with E-state index in [1.54, 1.807) is 18.2 Å². The van der Waals surface area contributed by atoms with Gasteiger partial charge in [0.1, 0.15) is 0 Å². The maximum atomic E-state index is 12.4. The lowest BCUT2D eigenvalue weighted by molar-refractivity contribution is -0.118. The average Bonchev–Trinajstić information content (AvgIpc) is 3.25. The van der Waals surface area contributed by atoms with Crippen molar-refractivity contribution >= 4 is 58.7 Å². The van der Waals surface area contributed by atoms with Crippen molar-refractivity contribution in [3.05, 3.63) is 63.1 Å². The zero-order chi connectivity index (χ0) is 23.2. The van der Waals surface area contributed by atoms with Crippen LogP contribution in [-0.2, 0) is 4.79 Å². The highest BCUT2D eigenvalue weighted by atomic mass is 35.5. The molecule has 33 heavy (non-hydrogen) atoms. The van der Waals surface area contributed by atoms with E-state index in [4.69, 9.17) is 34.8 Å². The molecule has 0 atom stereocenters. The summed E-state index contributed by atoms with van der Waals surface area (Å²) in [5.74, 6) is 0.710. The van der Waals surface area contributed by atoms with Gasteiger partial charge >= 0.3 is 0 Å². The number of amides is 1. The molecule has 1 aromatic heterocycles. The molecule has 0 spiro atoms. The maximum Gasteiger partial charge on any atom is 0.250 e. The summed E-state index contributed by atoms with van der Waals surface area (Å²) in [7, 11) is 0. The molecule has 0 radical (unpaired) electrons. The molecule has 1 aliphatic carbocycles. The van der Waals surface area contributed by atoms with Gasteiger partial charge in [0, 0.05) is 22.2 Å². The zero-order valence-corrected chi connectivity index (χ0v) is 20.8. The summed E-state index contributed by atoms with van der Waals surface area (Å²) < 4.78 is 2.18. The number of benzene rings is 2. The number of hydrogen-bond acceptors (Lipinski definition) is 5. The van der Waals surface area contributed by atoms with E-state index in [1.165, 1.54) is 37.2 Å². The largest absolute Gasteiger partial charge is 0.299 e. The maximum absolute atomic E-state index is 12.4. The Morgan fingerprint density at radius 1 is 1.09 bits per heavy atom. The monoisotopic (exact) mass is 521 g/mol. The fraction of sp³-hybridized carbons (Fsp3) is 0.304. The van der Waals surface area contributed by atoms with Gasteiger partial charge in [0.15, 0.2) is 11.0 Å². The summed E-state index contributed by atoms with van der Waals surface area (Å²) in [6, 6.07) is 13.1. The number of halogens is 3. The van der Waals surface area contributed by atoms with Crippen LogP contribution >= 0.6 is 46.6 Å². The molecule has 0 bridgehead atoms. The lowest BCUT2D eigenvalue weighted by Gasteiger charge is -2.25. The lowest BCUT2D eigenvalue weighted by atomic mass is 9.95. The van der Waals surface area contributed by atoms with Gasteiger partial charge in [-0.1, -0.05) is 78.0 Å². The molecule has 4 rings (SSSR count). The molecule has 1 fully saturated rings. The van der Waals surface area contributed by atoms with Crippen LogP contribution in [0.25, 0.3) is 11.4 Å². The highest BCUT2D eigenvalue weighted by molar-refractivity contribution is 7.99. The van der Waals surface area contributed by atoms with Crippen LogP contribution < -0.4 is 5.43 Å². The molecule has 1 aliphatic rings. The van der Waals surface area contributed by atoms with Gasteiger partial charge in [-0.3, -0.25) is 9.36 Å². The molecule has 172 valence electrons. The Morgan fingerprint density at radius 2 is 1.85 bits per heavy atom. The molecule has 0 saturated heterocycles. The molecule has 6 nitrogen and oxygen atoms in total. The fourth-order valence-corrected chi connectivity index (χ4v) is 5.08. The second-order valence-electron chi connectivity index (χ2n) is 7.70. The number of hydrazone groups is 1. The van der Waals surface area contributed by atoms with Gasteiger partial charge in [-0.25, -0.2) is 5.43 Å². The molecule has 1 saturated carbocycles. The van der Waals surface area contributed by atoms with Crippen LogP contribution in [0.4, 0.5) is 0 Å². The van der Waals surface area contributed by atoms with Gasteiger partial charge < -0.3 is 0 Å². The third-order valence-corrected chi connectivity index (χ3v) is 7.44. The number of rotatable bonds is 7. The van der Waals surface area contributed by atoms with Crippen molar-refractivity contribution in [2.24, 2.45) is 5.10 Å². The molecule has 1 N–H and O–H groups in total. The first-order valence-electron chi connectivity index (χ1n) is 10.6. The van der Waals surface area contributed by atoms with E-state index in [1.807, 2.05) is 24.3 Å². The Labute approximate surface area is 211 Å². The van der Waals surface area contributed by atoms with Crippen LogP contribution in [0.2, 0.25) is 15.1 Å². The SMILES string of the molecule is O=C(CSc1nnc(-c2ccc(Cl)cc2)n1C1CCCCC1)N/N=C/c1cccc(Cl)c1Cl. The summed E-state index contributed by atoms with van der Waals surface area (Å²) in [5, 5.41) is 15.1. The van der Waals surface area contributed by atoms with E-state index >= 15 is 0 Å². The Morgan fingerprint density at radius 3 is 2.61 bits per heavy atom. The van der Waals surface area contributed by atoms with Gasteiger partial charge in [0.2, 0.25) is 0 Å². The third kappa shape index (κ3) is 6.09.